The van der Waals surface area contributed by atoms with Gasteiger partial charge in [0.25, 0.3) is 0 Å². The van der Waals surface area contributed by atoms with Crippen molar-refractivity contribution in [3.63, 3.8) is 0 Å². The highest BCUT2D eigenvalue weighted by molar-refractivity contribution is 7.93. The number of hydrogen-bond donors (Lipinski definition) is 2. The summed E-state index contributed by atoms with van der Waals surface area (Å²) in [5.74, 6) is 0.114. The van der Waals surface area contributed by atoms with Gasteiger partial charge < -0.3 is 39.0 Å². The maximum absolute atomic E-state index is 16.5. The van der Waals surface area contributed by atoms with Crippen LogP contribution in [0.3, 0.4) is 0 Å². The van der Waals surface area contributed by atoms with E-state index in [-0.39, 0.29) is 30.8 Å². The van der Waals surface area contributed by atoms with Gasteiger partial charge >= 0.3 is 6.09 Å². The third-order valence-electron chi connectivity index (χ3n) is 9.93. The number of methoxy groups -OCH3 is 1. The standard InChI is InChI=1S/C37H50FN7O7SSi/c1-26(27-7-6-8-29(19-27)43-12-11-28(22-43)41-37(46)47)53(48,49)45(25-50-2)30-9-10-31(33(38)20-30)34-21-32-35(42-13-15-51-16-14-42)39-23-40-36(32)44(34)24-52-17-18-54(3,4)5/h6-10,19-21,23,26,28,41H,11-18,22,24-25H2,1-5H3,(H,46,47)/t26?,28-/m1/s1. The summed E-state index contributed by atoms with van der Waals surface area (Å²) in [6, 6.07) is 14.2. The SMILES string of the molecule is COCN(c1ccc(-c2cc3c(N4CCOCC4)ncnc3n2COCC[Si](C)(C)C)c(F)c1)S(=O)(=O)C(C)c1cccc(N2CC[C@@H](NC(=O)O)C2)c1. The molecule has 54 heavy (non-hydrogen) atoms. The molecule has 0 bridgehead atoms. The summed E-state index contributed by atoms with van der Waals surface area (Å²) in [6.07, 6.45) is 1.08. The van der Waals surface area contributed by atoms with Crippen molar-refractivity contribution in [2.75, 3.05) is 73.9 Å². The van der Waals surface area contributed by atoms with Crippen LogP contribution in [0.2, 0.25) is 25.7 Å². The summed E-state index contributed by atoms with van der Waals surface area (Å²) >= 11 is 0. The number of amides is 1. The van der Waals surface area contributed by atoms with Gasteiger partial charge in [-0.1, -0.05) is 31.8 Å². The molecule has 2 aliphatic heterocycles. The number of nitrogens with zero attached hydrogens (tertiary/aromatic N) is 6. The van der Waals surface area contributed by atoms with Gasteiger partial charge in [-0.05, 0) is 61.4 Å². The smallest absolute Gasteiger partial charge is 0.404 e. The summed E-state index contributed by atoms with van der Waals surface area (Å²) in [5.41, 5.74) is 2.85. The summed E-state index contributed by atoms with van der Waals surface area (Å²) in [7, 11) is -4.10. The van der Waals surface area contributed by atoms with Gasteiger partial charge in [0.1, 0.15) is 42.3 Å². The van der Waals surface area contributed by atoms with Crippen LogP contribution in [0.4, 0.5) is 26.4 Å². The molecule has 0 spiro atoms. The minimum absolute atomic E-state index is 0.117. The van der Waals surface area contributed by atoms with Crippen LogP contribution in [0.15, 0.2) is 54.9 Å². The van der Waals surface area contributed by atoms with Gasteiger partial charge in [0.05, 0.1) is 36.0 Å². The molecule has 14 nitrogen and oxygen atoms in total. The van der Waals surface area contributed by atoms with Crippen LogP contribution in [0.1, 0.15) is 24.2 Å². The molecule has 2 N–H and O–H groups in total. The quantitative estimate of drug-likeness (QED) is 0.0864. The highest BCUT2D eigenvalue weighted by atomic mass is 32.2. The number of halogens is 1. The lowest BCUT2D eigenvalue weighted by molar-refractivity contribution is 0.0908. The van der Waals surface area contributed by atoms with Crippen molar-refractivity contribution in [1.29, 1.82) is 0 Å². The lowest BCUT2D eigenvalue weighted by Crippen LogP contribution is -2.36. The Morgan fingerprint density at radius 1 is 1.11 bits per heavy atom. The number of carbonyl (C=O) groups is 1. The van der Waals surface area contributed by atoms with E-state index in [1.54, 1.807) is 37.3 Å². The Bertz CT molecular complexity index is 2060. The maximum atomic E-state index is 16.5. The van der Waals surface area contributed by atoms with E-state index < -0.39 is 35.3 Å². The zero-order chi connectivity index (χ0) is 38.6. The van der Waals surface area contributed by atoms with Crippen LogP contribution in [-0.4, -0.2) is 108 Å². The van der Waals surface area contributed by atoms with E-state index >= 15 is 4.39 Å². The zero-order valence-corrected chi connectivity index (χ0v) is 33.3. The molecule has 2 aliphatic rings. The molecular weight excluding hydrogens is 734 g/mol. The van der Waals surface area contributed by atoms with Crippen LogP contribution in [0.5, 0.6) is 0 Å². The van der Waals surface area contributed by atoms with Crippen molar-refractivity contribution in [2.24, 2.45) is 0 Å². The molecule has 6 rings (SSSR count). The van der Waals surface area contributed by atoms with Crippen LogP contribution in [0.25, 0.3) is 22.3 Å². The molecule has 0 aliphatic carbocycles. The van der Waals surface area contributed by atoms with E-state index in [9.17, 15) is 13.2 Å². The molecule has 2 atom stereocenters. The fraction of sp³-hybridized carbons (Fsp3) is 0.486. The lowest BCUT2D eigenvalue weighted by atomic mass is 10.1. The third kappa shape index (κ3) is 8.81. The predicted molar refractivity (Wildman–Crippen MR) is 210 cm³/mol. The maximum Gasteiger partial charge on any atom is 0.404 e. The topological polar surface area (TPSA) is 152 Å². The summed E-state index contributed by atoms with van der Waals surface area (Å²) in [5, 5.41) is 11.4. The predicted octanol–water partition coefficient (Wildman–Crippen LogP) is 5.73. The number of sulfonamides is 1. The summed E-state index contributed by atoms with van der Waals surface area (Å²) in [6.45, 7) is 12.4. The van der Waals surface area contributed by atoms with E-state index in [0.29, 0.717) is 69.3 Å². The van der Waals surface area contributed by atoms with E-state index in [2.05, 4.69) is 39.8 Å². The Morgan fingerprint density at radius 2 is 1.89 bits per heavy atom. The molecule has 4 heterocycles. The van der Waals surface area contributed by atoms with Gasteiger partial charge in [-0.2, -0.15) is 0 Å². The monoisotopic (exact) mass is 783 g/mol. The van der Waals surface area contributed by atoms with Crippen LogP contribution in [0, 0.1) is 5.82 Å². The molecule has 2 fully saturated rings. The highest BCUT2D eigenvalue weighted by Crippen LogP contribution is 2.37. The number of nitrogens with one attached hydrogen (secondary N) is 1. The highest BCUT2D eigenvalue weighted by Gasteiger charge is 2.33. The number of carboxylic acid groups (broad SMARTS) is 1. The summed E-state index contributed by atoms with van der Waals surface area (Å²) in [4.78, 5) is 24.5. The van der Waals surface area contributed by atoms with Gasteiger partial charge in [-0.25, -0.2) is 31.9 Å². The van der Waals surface area contributed by atoms with Crippen LogP contribution in [-0.2, 0) is 31.0 Å². The lowest BCUT2D eigenvalue weighted by Gasteiger charge is -2.28. The third-order valence-corrected chi connectivity index (χ3v) is 13.7. The Hall–Kier alpha value is -4.29. The van der Waals surface area contributed by atoms with Gasteiger partial charge in [0.2, 0.25) is 10.0 Å². The van der Waals surface area contributed by atoms with Crippen LogP contribution < -0.4 is 19.4 Å². The largest absolute Gasteiger partial charge is 0.465 e. The first-order valence-electron chi connectivity index (χ1n) is 18.2. The number of anilines is 3. The molecule has 1 amide bonds. The number of benzene rings is 2. The van der Waals surface area contributed by atoms with E-state index in [4.69, 9.17) is 19.3 Å². The van der Waals surface area contributed by atoms with E-state index in [0.717, 1.165) is 27.2 Å². The van der Waals surface area contributed by atoms with Gasteiger partial charge in [-0.3, -0.25) is 0 Å². The van der Waals surface area contributed by atoms with Crippen molar-refractivity contribution in [1.82, 2.24) is 19.9 Å². The average molecular weight is 784 g/mol. The molecule has 2 saturated heterocycles. The average Bonchev–Trinajstić information content (AvgIpc) is 3.76. The first kappa shape index (κ1) is 39.4. The van der Waals surface area contributed by atoms with E-state index in [1.807, 2.05) is 21.6 Å². The van der Waals surface area contributed by atoms with Gasteiger partial charge in [-0.15, -0.1) is 0 Å². The second-order valence-electron chi connectivity index (χ2n) is 14.9. The summed E-state index contributed by atoms with van der Waals surface area (Å²) < 4.78 is 65.0. The van der Waals surface area contributed by atoms with Crippen molar-refractivity contribution < 1.29 is 36.9 Å². The number of ether oxygens (including phenoxy) is 3. The number of fused-ring (bicyclic) bond motifs is 1. The number of aromatic nitrogens is 3. The first-order valence-corrected chi connectivity index (χ1v) is 23.4. The molecule has 17 heteroatoms. The van der Waals surface area contributed by atoms with Crippen molar-refractivity contribution in [3.05, 3.63) is 66.2 Å². The molecule has 2 aromatic carbocycles. The Labute approximate surface area is 316 Å². The Morgan fingerprint density at radius 3 is 2.59 bits per heavy atom. The second-order valence-corrected chi connectivity index (χ2v) is 22.7. The normalized spacial score (nSPS) is 17.3. The van der Waals surface area contributed by atoms with Crippen molar-refractivity contribution >= 4 is 52.4 Å². The number of morpholine rings is 1. The molecule has 0 saturated carbocycles. The molecular formula is C37H50FN7O7SSi. The minimum atomic E-state index is -4.13. The fourth-order valence-electron chi connectivity index (χ4n) is 6.87. The fourth-order valence-corrected chi connectivity index (χ4v) is 9.16. The van der Waals surface area contributed by atoms with Crippen molar-refractivity contribution in [2.45, 2.75) is 57.1 Å². The Kier molecular flexibility index (Phi) is 12.1. The van der Waals surface area contributed by atoms with Gasteiger partial charge in [0, 0.05) is 59.2 Å². The molecule has 4 aromatic rings. The minimum Gasteiger partial charge on any atom is -0.465 e. The van der Waals surface area contributed by atoms with E-state index in [1.165, 1.54) is 19.5 Å². The molecule has 2 aromatic heterocycles. The van der Waals surface area contributed by atoms with Crippen LogP contribution >= 0.6 is 0 Å². The zero-order valence-electron chi connectivity index (χ0n) is 31.5. The second kappa shape index (κ2) is 16.6. The molecule has 0 radical (unpaired) electrons. The molecule has 1 unspecified atom stereocenters. The Balaban J connectivity index is 1.31. The molecule has 292 valence electrons. The first-order chi connectivity index (χ1) is 25.8. The van der Waals surface area contributed by atoms with Crippen molar-refractivity contribution in [3.8, 4) is 11.3 Å². The number of hydrogen-bond acceptors (Lipinski definition) is 10. The van der Waals surface area contributed by atoms with Gasteiger partial charge in [0.15, 0.2) is 0 Å². The number of rotatable bonds is 15.